The number of guanidine groups is 1. The Hall–Kier alpha value is -0.280. The maximum absolute atomic E-state index is 4.86. The molecule has 0 saturated carbocycles. The number of nitrogens with zero attached hydrogens (tertiary/aromatic N) is 4. The van der Waals surface area contributed by atoms with E-state index in [2.05, 4.69) is 75.9 Å². The first-order valence-electron chi connectivity index (χ1n) is 8.98. The van der Waals surface area contributed by atoms with Crippen molar-refractivity contribution in [3.05, 3.63) is 22.4 Å². The summed E-state index contributed by atoms with van der Waals surface area (Å²) in [6.45, 7) is 7.25. The van der Waals surface area contributed by atoms with Gasteiger partial charge in [0, 0.05) is 43.5 Å². The predicted molar refractivity (Wildman–Crippen MR) is 121 cm³/mol. The minimum atomic E-state index is 0. The van der Waals surface area contributed by atoms with E-state index in [1.165, 1.54) is 38.0 Å². The minimum Gasteiger partial charge on any atom is -0.357 e. The summed E-state index contributed by atoms with van der Waals surface area (Å²) in [5.74, 6) is 1.84. The van der Waals surface area contributed by atoms with Crippen molar-refractivity contribution in [1.29, 1.82) is 0 Å². The molecule has 1 aliphatic heterocycles. The Morgan fingerprint density at radius 1 is 1.36 bits per heavy atom. The average molecular weight is 526 g/mol. The van der Waals surface area contributed by atoms with Crippen LogP contribution in [0.5, 0.6) is 0 Å². The summed E-state index contributed by atoms with van der Waals surface area (Å²) >= 11 is 3.54. The molecule has 1 saturated heterocycles. The Morgan fingerprint density at radius 3 is 2.60 bits per heavy atom. The van der Waals surface area contributed by atoms with E-state index < -0.39 is 0 Å². The molecule has 0 amide bonds. The minimum absolute atomic E-state index is 0. The van der Waals surface area contributed by atoms with Crippen molar-refractivity contribution in [2.45, 2.75) is 32.7 Å². The van der Waals surface area contributed by atoms with E-state index >= 15 is 0 Å². The van der Waals surface area contributed by atoms with E-state index in [9.17, 15) is 0 Å². The molecule has 0 unspecified atom stereocenters. The smallest absolute Gasteiger partial charge is 0.194 e. The molecule has 0 aromatic carbocycles. The first kappa shape index (κ1) is 22.8. The van der Waals surface area contributed by atoms with Gasteiger partial charge in [-0.2, -0.15) is 0 Å². The molecule has 1 aromatic heterocycles. The third kappa shape index (κ3) is 7.46. The summed E-state index contributed by atoms with van der Waals surface area (Å²) in [5, 5.41) is 3.42. The molecule has 1 fully saturated rings. The highest BCUT2D eigenvalue weighted by Gasteiger charge is 2.16. The number of hydrogen-bond donors (Lipinski definition) is 1. The first-order valence-corrected chi connectivity index (χ1v) is 9.77. The van der Waals surface area contributed by atoms with Crippen molar-refractivity contribution < 1.29 is 0 Å². The number of hydrogen-bond acceptors (Lipinski definition) is 2. The van der Waals surface area contributed by atoms with Gasteiger partial charge in [-0.15, -0.1) is 24.0 Å². The highest BCUT2D eigenvalue weighted by atomic mass is 127. The van der Waals surface area contributed by atoms with E-state index in [1.807, 2.05) is 0 Å². The van der Waals surface area contributed by atoms with Crippen LogP contribution in [0.3, 0.4) is 0 Å². The Kier molecular flexibility index (Phi) is 10.4. The molecule has 1 N–H and O–H groups in total. The monoisotopic (exact) mass is 525 g/mol. The summed E-state index contributed by atoms with van der Waals surface area (Å²) in [6.07, 6.45) is 5.92. The fourth-order valence-electron chi connectivity index (χ4n) is 3.21. The molecule has 1 aromatic rings. The zero-order chi connectivity index (χ0) is 17.5. The molecule has 0 bridgehead atoms. The van der Waals surface area contributed by atoms with Crippen molar-refractivity contribution in [2.75, 3.05) is 40.3 Å². The van der Waals surface area contributed by atoms with Crippen molar-refractivity contribution in [1.82, 2.24) is 19.7 Å². The van der Waals surface area contributed by atoms with E-state index in [4.69, 9.17) is 4.99 Å². The molecule has 0 aliphatic carbocycles. The van der Waals surface area contributed by atoms with Crippen LogP contribution < -0.4 is 5.32 Å². The molecule has 7 heteroatoms. The Bertz CT molecular complexity index is 538. The number of halogens is 2. The lowest BCUT2D eigenvalue weighted by Gasteiger charge is -2.28. The van der Waals surface area contributed by atoms with Crippen LogP contribution >= 0.6 is 39.9 Å². The first-order chi connectivity index (χ1) is 11.5. The number of rotatable bonds is 6. The molecule has 5 nitrogen and oxygen atoms in total. The fraction of sp³-hybridized carbons (Fsp3) is 0.722. The molecule has 2 rings (SSSR count). The molecule has 0 radical (unpaired) electrons. The number of likely N-dealkylation sites (tertiary alicyclic amines) is 1. The van der Waals surface area contributed by atoms with E-state index in [-0.39, 0.29) is 24.0 Å². The molecular formula is C18H33BrIN5. The highest BCUT2D eigenvalue weighted by Crippen LogP contribution is 2.19. The summed E-state index contributed by atoms with van der Waals surface area (Å²) in [4.78, 5) is 9.49. The molecule has 25 heavy (non-hydrogen) atoms. The fourth-order valence-corrected chi connectivity index (χ4v) is 3.79. The molecule has 0 atom stereocenters. The average Bonchev–Trinajstić information content (AvgIpc) is 2.86. The van der Waals surface area contributed by atoms with Gasteiger partial charge in [-0.25, -0.2) is 0 Å². The second-order valence-electron chi connectivity index (χ2n) is 6.89. The van der Waals surface area contributed by atoms with Gasteiger partial charge in [-0.3, -0.25) is 4.99 Å². The lowest BCUT2D eigenvalue weighted by Crippen LogP contribution is -2.39. The van der Waals surface area contributed by atoms with Gasteiger partial charge < -0.3 is 19.7 Å². The number of aromatic nitrogens is 1. The van der Waals surface area contributed by atoms with Crippen molar-refractivity contribution >= 4 is 45.9 Å². The number of aliphatic imine (C=N–C) groups is 1. The predicted octanol–water partition coefficient (Wildman–Crippen LogP) is 3.53. The van der Waals surface area contributed by atoms with Gasteiger partial charge >= 0.3 is 0 Å². The van der Waals surface area contributed by atoms with Crippen LogP contribution in [0.4, 0.5) is 0 Å². The number of piperidine rings is 1. The van der Waals surface area contributed by atoms with Gasteiger partial charge in [0.25, 0.3) is 0 Å². The van der Waals surface area contributed by atoms with E-state index in [1.54, 1.807) is 0 Å². The zero-order valence-electron chi connectivity index (χ0n) is 16.0. The molecule has 0 spiro atoms. The lowest BCUT2D eigenvalue weighted by atomic mass is 9.94. The lowest BCUT2D eigenvalue weighted by molar-refractivity contribution is 0.214. The van der Waals surface area contributed by atoms with Gasteiger partial charge in [0.05, 0.1) is 6.54 Å². The van der Waals surface area contributed by atoms with Crippen LogP contribution in [0, 0.1) is 5.92 Å². The van der Waals surface area contributed by atoms with E-state index in [0.29, 0.717) is 0 Å². The van der Waals surface area contributed by atoms with E-state index in [0.717, 1.165) is 36.0 Å². The summed E-state index contributed by atoms with van der Waals surface area (Å²) in [7, 11) is 6.41. The van der Waals surface area contributed by atoms with Gasteiger partial charge in [-0.1, -0.05) is 0 Å². The van der Waals surface area contributed by atoms with Crippen LogP contribution in [0.25, 0.3) is 0 Å². The third-order valence-electron chi connectivity index (χ3n) is 4.81. The van der Waals surface area contributed by atoms with Crippen LogP contribution in [0.2, 0.25) is 0 Å². The topological polar surface area (TPSA) is 35.8 Å². The number of nitrogens with one attached hydrogen (secondary N) is 1. The molecule has 144 valence electrons. The van der Waals surface area contributed by atoms with Gasteiger partial charge in [0.15, 0.2) is 5.96 Å². The SMILES string of the molecule is CCNC(=NCCC1CCN(C)CC1)N(C)Cc1cc(Br)cn1C.I. The van der Waals surface area contributed by atoms with Crippen LogP contribution in [-0.2, 0) is 13.6 Å². The van der Waals surface area contributed by atoms with Gasteiger partial charge in [0.2, 0.25) is 0 Å². The summed E-state index contributed by atoms with van der Waals surface area (Å²) in [6, 6.07) is 2.17. The molecule has 1 aliphatic rings. The van der Waals surface area contributed by atoms with Gasteiger partial charge in [-0.05, 0) is 74.2 Å². The van der Waals surface area contributed by atoms with Crippen LogP contribution in [-0.4, -0.2) is 60.6 Å². The van der Waals surface area contributed by atoms with Crippen LogP contribution in [0.1, 0.15) is 31.9 Å². The number of aryl methyl sites for hydroxylation is 1. The standard InChI is InChI=1S/C18H32BrN5.HI/c1-5-20-18(21-9-6-15-7-10-22(2)11-8-15)24(4)14-17-12-16(19)13-23(17)3;/h12-13,15H,5-11,14H2,1-4H3,(H,20,21);1H. The second kappa shape index (κ2) is 11.4. The Morgan fingerprint density at radius 2 is 2.04 bits per heavy atom. The normalized spacial score (nSPS) is 16.6. The quantitative estimate of drug-likeness (QED) is 0.350. The maximum Gasteiger partial charge on any atom is 0.194 e. The zero-order valence-corrected chi connectivity index (χ0v) is 19.9. The van der Waals surface area contributed by atoms with Crippen molar-refractivity contribution in [3.63, 3.8) is 0 Å². The highest BCUT2D eigenvalue weighted by molar-refractivity contribution is 14.0. The molecular weight excluding hydrogens is 493 g/mol. The van der Waals surface area contributed by atoms with Crippen molar-refractivity contribution in [3.8, 4) is 0 Å². The van der Waals surface area contributed by atoms with Gasteiger partial charge in [0.1, 0.15) is 0 Å². The summed E-state index contributed by atoms with van der Waals surface area (Å²) < 4.78 is 3.28. The largest absolute Gasteiger partial charge is 0.357 e. The Balaban J connectivity index is 0.00000312. The Labute approximate surface area is 178 Å². The maximum atomic E-state index is 4.86. The third-order valence-corrected chi connectivity index (χ3v) is 5.24. The van der Waals surface area contributed by atoms with Crippen LogP contribution in [0.15, 0.2) is 21.7 Å². The molecule has 2 heterocycles. The second-order valence-corrected chi connectivity index (χ2v) is 7.80. The van der Waals surface area contributed by atoms with Crippen molar-refractivity contribution in [2.24, 2.45) is 18.0 Å². The summed E-state index contributed by atoms with van der Waals surface area (Å²) in [5.41, 5.74) is 1.27.